The lowest BCUT2D eigenvalue weighted by molar-refractivity contribution is 0.402. The minimum atomic E-state index is -3.35. The van der Waals surface area contributed by atoms with Crippen molar-refractivity contribution in [1.82, 2.24) is 0 Å². The van der Waals surface area contributed by atoms with Gasteiger partial charge in [0.1, 0.15) is 10.6 Å². The molecule has 0 fully saturated rings. The maximum atomic E-state index is 11.9. The van der Waals surface area contributed by atoms with Gasteiger partial charge in [-0.15, -0.1) is 0 Å². The van der Waals surface area contributed by atoms with E-state index >= 15 is 0 Å². The van der Waals surface area contributed by atoms with Gasteiger partial charge in [-0.25, -0.2) is 8.42 Å². The number of nitrogens with two attached hydrogens (primary N) is 1. The minimum Gasteiger partial charge on any atom is -0.495 e. The molecule has 84 valence electrons. The third kappa shape index (κ3) is 2.94. The Hall–Kier alpha value is -1.07. The van der Waals surface area contributed by atoms with Crippen LogP contribution in [-0.2, 0) is 9.84 Å². The Morgan fingerprint density at radius 3 is 2.53 bits per heavy atom. The van der Waals surface area contributed by atoms with Gasteiger partial charge in [0.2, 0.25) is 0 Å². The van der Waals surface area contributed by atoms with Gasteiger partial charge in [0.25, 0.3) is 0 Å². The lowest BCUT2D eigenvalue weighted by Crippen LogP contribution is -2.26. The SMILES string of the molecule is COc1ccccc1S(=O)(=O)CC(C)N. The zero-order valence-corrected chi connectivity index (χ0v) is 9.62. The number of rotatable bonds is 4. The molecule has 5 heteroatoms. The third-order valence-corrected chi connectivity index (χ3v) is 3.86. The summed E-state index contributed by atoms with van der Waals surface area (Å²) in [6.45, 7) is 1.66. The molecule has 0 amide bonds. The van der Waals surface area contributed by atoms with Crippen LogP contribution in [0.5, 0.6) is 5.75 Å². The Morgan fingerprint density at radius 2 is 2.00 bits per heavy atom. The molecule has 0 saturated heterocycles. The molecule has 1 atom stereocenters. The Balaban J connectivity index is 3.15. The van der Waals surface area contributed by atoms with E-state index in [1.54, 1.807) is 25.1 Å². The molecule has 0 saturated carbocycles. The van der Waals surface area contributed by atoms with Crippen LogP contribution in [0.3, 0.4) is 0 Å². The van der Waals surface area contributed by atoms with Gasteiger partial charge in [-0.2, -0.15) is 0 Å². The molecule has 1 unspecified atom stereocenters. The van der Waals surface area contributed by atoms with Crippen molar-refractivity contribution in [2.75, 3.05) is 12.9 Å². The number of hydrogen-bond donors (Lipinski definition) is 1. The molecule has 0 aliphatic rings. The van der Waals surface area contributed by atoms with E-state index in [9.17, 15) is 8.42 Å². The fraction of sp³-hybridized carbons (Fsp3) is 0.400. The maximum absolute atomic E-state index is 11.9. The predicted octanol–water partition coefficient (Wildman–Crippen LogP) is 0.816. The van der Waals surface area contributed by atoms with Crippen LogP contribution in [0.2, 0.25) is 0 Å². The standard InChI is InChI=1S/C10H15NO3S/c1-8(11)7-15(12,13)10-6-4-3-5-9(10)14-2/h3-6,8H,7,11H2,1-2H3. The van der Waals surface area contributed by atoms with E-state index < -0.39 is 9.84 Å². The highest BCUT2D eigenvalue weighted by atomic mass is 32.2. The van der Waals surface area contributed by atoms with E-state index in [1.165, 1.54) is 13.2 Å². The zero-order chi connectivity index (χ0) is 11.5. The Labute approximate surface area is 90.0 Å². The molecule has 0 radical (unpaired) electrons. The van der Waals surface area contributed by atoms with Crippen LogP contribution in [0.4, 0.5) is 0 Å². The average molecular weight is 229 g/mol. The average Bonchev–Trinajstić information content (AvgIpc) is 2.16. The number of para-hydroxylation sites is 1. The summed E-state index contributed by atoms with van der Waals surface area (Å²) in [6, 6.07) is 6.14. The van der Waals surface area contributed by atoms with E-state index in [2.05, 4.69) is 0 Å². The first kappa shape index (κ1) is 12.0. The molecular weight excluding hydrogens is 214 g/mol. The Kier molecular flexibility index (Phi) is 3.71. The molecule has 0 spiro atoms. The minimum absolute atomic E-state index is 0.0760. The molecule has 2 N–H and O–H groups in total. The second kappa shape index (κ2) is 4.63. The second-order valence-corrected chi connectivity index (χ2v) is 5.41. The quantitative estimate of drug-likeness (QED) is 0.829. The summed E-state index contributed by atoms with van der Waals surface area (Å²) in [5.74, 6) is 0.283. The summed E-state index contributed by atoms with van der Waals surface area (Å²) in [5, 5.41) is 0. The topological polar surface area (TPSA) is 69.4 Å². The predicted molar refractivity (Wildman–Crippen MR) is 58.7 cm³/mol. The van der Waals surface area contributed by atoms with Crippen LogP contribution in [0.25, 0.3) is 0 Å². The number of sulfone groups is 1. The number of hydrogen-bond acceptors (Lipinski definition) is 4. The summed E-state index contributed by atoms with van der Waals surface area (Å²) >= 11 is 0. The monoisotopic (exact) mass is 229 g/mol. The van der Waals surface area contributed by atoms with Crippen molar-refractivity contribution >= 4 is 9.84 Å². The first-order valence-corrected chi connectivity index (χ1v) is 6.24. The first-order valence-electron chi connectivity index (χ1n) is 4.58. The van der Waals surface area contributed by atoms with Gasteiger partial charge in [0, 0.05) is 6.04 Å². The van der Waals surface area contributed by atoms with Crippen molar-refractivity contribution < 1.29 is 13.2 Å². The van der Waals surface area contributed by atoms with Crippen LogP contribution >= 0.6 is 0 Å². The van der Waals surface area contributed by atoms with Gasteiger partial charge in [0.15, 0.2) is 9.84 Å². The number of methoxy groups -OCH3 is 1. The van der Waals surface area contributed by atoms with Crippen molar-refractivity contribution in [3.05, 3.63) is 24.3 Å². The van der Waals surface area contributed by atoms with E-state index in [1.807, 2.05) is 0 Å². The highest BCUT2D eigenvalue weighted by Crippen LogP contribution is 2.23. The van der Waals surface area contributed by atoms with Gasteiger partial charge in [-0.1, -0.05) is 12.1 Å². The first-order chi connectivity index (χ1) is 6.97. The lowest BCUT2D eigenvalue weighted by atomic mass is 10.3. The van der Waals surface area contributed by atoms with Crippen LogP contribution in [0, 0.1) is 0 Å². The van der Waals surface area contributed by atoms with Crippen molar-refractivity contribution in [1.29, 1.82) is 0 Å². The summed E-state index contributed by atoms with van der Waals surface area (Å²) in [4.78, 5) is 0.199. The van der Waals surface area contributed by atoms with Crippen molar-refractivity contribution in [2.45, 2.75) is 17.9 Å². The molecule has 0 heterocycles. The molecule has 0 aliphatic heterocycles. The van der Waals surface area contributed by atoms with Crippen LogP contribution in [0.1, 0.15) is 6.92 Å². The fourth-order valence-electron chi connectivity index (χ4n) is 1.31. The Bertz CT molecular complexity index is 426. The lowest BCUT2D eigenvalue weighted by Gasteiger charge is -2.10. The van der Waals surface area contributed by atoms with E-state index in [0.717, 1.165) is 0 Å². The fourth-order valence-corrected chi connectivity index (χ4v) is 2.93. The molecule has 1 aromatic rings. The summed E-state index contributed by atoms with van der Waals surface area (Å²) in [5.41, 5.74) is 5.49. The summed E-state index contributed by atoms with van der Waals surface area (Å²) < 4.78 is 28.7. The van der Waals surface area contributed by atoms with E-state index in [0.29, 0.717) is 5.75 Å². The van der Waals surface area contributed by atoms with E-state index in [4.69, 9.17) is 10.5 Å². The molecule has 0 aromatic heterocycles. The van der Waals surface area contributed by atoms with E-state index in [-0.39, 0.29) is 16.7 Å². The molecule has 1 rings (SSSR count). The molecule has 1 aromatic carbocycles. The molecule has 4 nitrogen and oxygen atoms in total. The summed E-state index contributed by atoms with van der Waals surface area (Å²) in [6.07, 6.45) is 0. The molecule has 15 heavy (non-hydrogen) atoms. The van der Waals surface area contributed by atoms with Crippen molar-refractivity contribution in [2.24, 2.45) is 5.73 Å². The smallest absolute Gasteiger partial charge is 0.183 e. The highest BCUT2D eigenvalue weighted by Gasteiger charge is 2.20. The van der Waals surface area contributed by atoms with Gasteiger partial charge >= 0.3 is 0 Å². The van der Waals surface area contributed by atoms with Crippen LogP contribution in [0.15, 0.2) is 29.2 Å². The van der Waals surface area contributed by atoms with Crippen LogP contribution in [-0.4, -0.2) is 27.3 Å². The normalized spacial score (nSPS) is 13.5. The van der Waals surface area contributed by atoms with Crippen molar-refractivity contribution in [3.8, 4) is 5.75 Å². The van der Waals surface area contributed by atoms with Crippen molar-refractivity contribution in [3.63, 3.8) is 0 Å². The summed E-state index contributed by atoms with van der Waals surface area (Å²) in [7, 11) is -1.91. The zero-order valence-electron chi connectivity index (χ0n) is 8.80. The largest absolute Gasteiger partial charge is 0.495 e. The van der Waals surface area contributed by atoms with Gasteiger partial charge in [-0.05, 0) is 19.1 Å². The number of benzene rings is 1. The highest BCUT2D eigenvalue weighted by molar-refractivity contribution is 7.91. The number of ether oxygens (including phenoxy) is 1. The van der Waals surface area contributed by atoms with Gasteiger partial charge in [0.05, 0.1) is 12.9 Å². The molecule has 0 bridgehead atoms. The maximum Gasteiger partial charge on any atom is 0.183 e. The van der Waals surface area contributed by atoms with Gasteiger partial charge < -0.3 is 10.5 Å². The Morgan fingerprint density at radius 1 is 1.40 bits per heavy atom. The molecule has 0 aliphatic carbocycles. The van der Waals surface area contributed by atoms with Gasteiger partial charge in [-0.3, -0.25) is 0 Å². The molecular formula is C10H15NO3S. The third-order valence-electron chi connectivity index (χ3n) is 1.89. The van der Waals surface area contributed by atoms with Crippen LogP contribution < -0.4 is 10.5 Å². The second-order valence-electron chi connectivity index (χ2n) is 3.41.